The molecule has 1 aromatic carbocycles. The van der Waals surface area contributed by atoms with Crippen molar-refractivity contribution in [1.29, 1.82) is 0 Å². The van der Waals surface area contributed by atoms with Crippen molar-refractivity contribution >= 4 is 17.6 Å². The number of nitrogens with one attached hydrogen (secondary N) is 2. The molecule has 6 nitrogen and oxygen atoms in total. The highest BCUT2D eigenvalue weighted by atomic mass is 16.4. The summed E-state index contributed by atoms with van der Waals surface area (Å²) in [6.07, 6.45) is -0.0686. The first-order valence-corrected chi connectivity index (χ1v) is 6.94. The molecule has 2 atom stereocenters. The number of likely N-dealkylation sites (N-methyl/N-ethyl adjacent to an activating group) is 1. The molecule has 0 heterocycles. The summed E-state index contributed by atoms with van der Waals surface area (Å²) in [7, 11) is 1.69. The van der Waals surface area contributed by atoms with Crippen LogP contribution in [0.4, 0.5) is 5.69 Å². The second kappa shape index (κ2) is 8.39. The Hall–Kier alpha value is -1.92. The molecule has 0 radical (unpaired) electrons. The van der Waals surface area contributed by atoms with Gasteiger partial charge in [0.15, 0.2) is 0 Å². The molecule has 0 bridgehead atoms. The van der Waals surface area contributed by atoms with Gasteiger partial charge < -0.3 is 20.8 Å². The second-order valence-electron chi connectivity index (χ2n) is 4.80. The summed E-state index contributed by atoms with van der Waals surface area (Å²) in [5.41, 5.74) is 1.35. The molecule has 1 amide bonds. The molecule has 0 aliphatic rings. The second-order valence-corrected chi connectivity index (χ2v) is 4.80. The molecule has 1 aromatic rings. The fourth-order valence-electron chi connectivity index (χ4n) is 1.98. The first-order chi connectivity index (χ1) is 9.97. The molecule has 0 saturated carbocycles. The van der Waals surface area contributed by atoms with Crippen molar-refractivity contribution in [2.45, 2.75) is 38.3 Å². The SMILES string of the molecule is CCC(=O)Nc1ccc(C(O)C(CCC(=O)O)NC)cc1. The molecule has 0 saturated heterocycles. The van der Waals surface area contributed by atoms with Gasteiger partial charge in [-0.3, -0.25) is 9.59 Å². The Bertz CT molecular complexity index is 473. The van der Waals surface area contributed by atoms with Crippen molar-refractivity contribution in [2.24, 2.45) is 0 Å². The number of aliphatic hydroxyl groups is 1. The summed E-state index contributed by atoms with van der Waals surface area (Å²) in [4.78, 5) is 21.9. The molecule has 2 unspecified atom stereocenters. The maximum Gasteiger partial charge on any atom is 0.303 e. The molecule has 6 heteroatoms. The quantitative estimate of drug-likeness (QED) is 0.582. The number of aliphatic carboxylic acids is 1. The van der Waals surface area contributed by atoms with Gasteiger partial charge >= 0.3 is 5.97 Å². The summed E-state index contributed by atoms with van der Waals surface area (Å²) in [5, 5.41) is 24.6. The summed E-state index contributed by atoms with van der Waals surface area (Å²) in [6, 6.07) is 6.55. The van der Waals surface area contributed by atoms with E-state index < -0.39 is 12.1 Å². The normalized spacial score (nSPS) is 13.5. The molecule has 0 aromatic heterocycles. The van der Waals surface area contributed by atoms with Crippen molar-refractivity contribution in [3.05, 3.63) is 29.8 Å². The van der Waals surface area contributed by atoms with Crippen LogP contribution in [0.25, 0.3) is 0 Å². The van der Waals surface area contributed by atoms with Crippen LogP contribution in [0.15, 0.2) is 24.3 Å². The number of hydrogen-bond acceptors (Lipinski definition) is 4. The molecule has 0 aliphatic heterocycles. The van der Waals surface area contributed by atoms with Gasteiger partial charge in [-0.2, -0.15) is 0 Å². The van der Waals surface area contributed by atoms with Crippen molar-refractivity contribution in [1.82, 2.24) is 5.32 Å². The Balaban J connectivity index is 2.70. The highest BCUT2D eigenvalue weighted by molar-refractivity contribution is 5.90. The van der Waals surface area contributed by atoms with E-state index in [4.69, 9.17) is 5.11 Å². The average molecular weight is 294 g/mol. The van der Waals surface area contributed by atoms with Gasteiger partial charge in [-0.1, -0.05) is 19.1 Å². The van der Waals surface area contributed by atoms with Crippen LogP contribution in [-0.4, -0.2) is 35.2 Å². The minimum Gasteiger partial charge on any atom is -0.481 e. The van der Waals surface area contributed by atoms with E-state index >= 15 is 0 Å². The first kappa shape index (κ1) is 17.1. The number of carbonyl (C=O) groups excluding carboxylic acids is 1. The average Bonchev–Trinajstić information content (AvgIpc) is 2.48. The number of rotatable bonds is 8. The van der Waals surface area contributed by atoms with Gasteiger partial charge in [0.2, 0.25) is 5.91 Å². The van der Waals surface area contributed by atoms with E-state index in [9.17, 15) is 14.7 Å². The number of carboxylic acid groups (broad SMARTS) is 1. The Morgan fingerprint density at radius 2 is 1.86 bits per heavy atom. The number of hydrogen-bond donors (Lipinski definition) is 4. The molecular formula is C15H22N2O4. The van der Waals surface area contributed by atoms with Gasteiger partial charge in [0.05, 0.1) is 6.10 Å². The van der Waals surface area contributed by atoms with Gasteiger partial charge in [0, 0.05) is 24.6 Å². The fourth-order valence-corrected chi connectivity index (χ4v) is 1.98. The zero-order valence-electron chi connectivity index (χ0n) is 12.3. The lowest BCUT2D eigenvalue weighted by Gasteiger charge is -2.22. The first-order valence-electron chi connectivity index (χ1n) is 6.94. The van der Waals surface area contributed by atoms with Crippen molar-refractivity contribution in [3.8, 4) is 0 Å². The monoisotopic (exact) mass is 294 g/mol. The van der Waals surface area contributed by atoms with E-state index in [0.29, 0.717) is 24.1 Å². The van der Waals surface area contributed by atoms with Crippen molar-refractivity contribution in [3.63, 3.8) is 0 Å². The number of carbonyl (C=O) groups is 2. The Kier molecular flexibility index (Phi) is 6.84. The van der Waals surface area contributed by atoms with Crippen molar-refractivity contribution in [2.75, 3.05) is 12.4 Å². The third-order valence-electron chi connectivity index (χ3n) is 3.28. The molecule has 0 spiro atoms. The molecule has 0 fully saturated rings. The van der Waals surface area contributed by atoms with Crippen LogP contribution in [0.5, 0.6) is 0 Å². The van der Waals surface area contributed by atoms with Gasteiger partial charge in [-0.25, -0.2) is 0 Å². The predicted octanol–water partition coefficient (Wildman–Crippen LogP) is 1.52. The minimum absolute atomic E-state index is 0.00674. The Labute approximate surface area is 124 Å². The van der Waals surface area contributed by atoms with Crippen molar-refractivity contribution < 1.29 is 19.8 Å². The van der Waals surface area contributed by atoms with E-state index in [1.165, 1.54) is 0 Å². The van der Waals surface area contributed by atoms with E-state index in [2.05, 4.69) is 10.6 Å². The zero-order valence-corrected chi connectivity index (χ0v) is 12.3. The molecule has 1 rings (SSSR count). The number of amides is 1. The number of carboxylic acids is 1. The fraction of sp³-hybridized carbons (Fsp3) is 0.467. The van der Waals surface area contributed by atoms with E-state index in [1.807, 2.05) is 0 Å². The van der Waals surface area contributed by atoms with Gasteiger partial charge in [-0.15, -0.1) is 0 Å². The number of anilines is 1. The highest BCUT2D eigenvalue weighted by Gasteiger charge is 2.20. The van der Waals surface area contributed by atoms with Crippen LogP contribution >= 0.6 is 0 Å². The summed E-state index contributed by atoms with van der Waals surface area (Å²) < 4.78 is 0. The standard InChI is InChI=1S/C15H22N2O4/c1-3-13(18)17-11-6-4-10(5-7-11)15(21)12(16-2)8-9-14(19)20/h4-7,12,15-16,21H,3,8-9H2,1-2H3,(H,17,18)(H,19,20). The smallest absolute Gasteiger partial charge is 0.303 e. The van der Waals surface area contributed by atoms with E-state index in [1.54, 1.807) is 38.2 Å². The summed E-state index contributed by atoms with van der Waals surface area (Å²) >= 11 is 0. The maximum atomic E-state index is 11.3. The predicted molar refractivity (Wildman–Crippen MR) is 80.0 cm³/mol. The molecular weight excluding hydrogens is 272 g/mol. The van der Waals surface area contributed by atoms with Crippen LogP contribution in [0.2, 0.25) is 0 Å². The largest absolute Gasteiger partial charge is 0.481 e. The highest BCUT2D eigenvalue weighted by Crippen LogP contribution is 2.21. The van der Waals surface area contributed by atoms with Crippen LogP contribution in [0.1, 0.15) is 37.9 Å². The van der Waals surface area contributed by atoms with Gasteiger partial charge in [0.1, 0.15) is 0 Å². The number of benzene rings is 1. The van der Waals surface area contributed by atoms with Gasteiger partial charge in [0.25, 0.3) is 0 Å². The van der Waals surface area contributed by atoms with E-state index in [-0.39, 0.29) is 18.4 Å². The lowest BCUT2D eigenvalue weighted by molar-refractivity contribution is -0.137. The number of aliphatic hydroxyl groups excluding tert-OH is 1. The van der Waals surface area contributed by atoms with E-state index in [0.717, 1.165) is 0 Å². The maximum absolute atomic E-state index is 11.3. The third kappa shape index (κ3) is 5.53. The van der Waals surface area contributed by atoms with Crippen LogP contribution < -0.4 is 10.6 Å². The van der Waals surface area contributed by atoms with Crippen LogP contribution in [-0.2, 0) is 9.59 Å². The Morgan fingerprint density at radius 3 is 2.33 bits per heavy atom. The summed E-state index contributed by atoms with van der Waals surface area (Å²) in [5.74, 6) is -0.960. The topological polar surface area (TPSA) is 98.7 Å². The third-order valence-corrected chi connectivity index (χ3v) is 3.28. The molecule has 116 valence electrons. The van der Waals surface area contributed by atoms with Gasteiger partial charge in [-0.05, 0) is 31.2 Å². The molecule has 4 N–H and O–H groups in total. The zero-order chi connectivity index (χ0) is 15.8. The molecule has 21 heavy (non-hydrogen) atoms. The summed E-state index contributed by atoms with van der Waals surface area (Å²) in [6.45, 7) is 1.77. The minimum atomic E-state index is -0.889. The Morgan fingerprint density at radius 1 is 1.24 bits per heavy atom. The lowest BCUT2D eigenvalue weighted by Crippen LogP contribution is -2.32. The van der Waals surface area contributed by atoms with Crippen LogP contribution in [0, 0.1) is 0 Å². The lowest BCUT2D eigenvalue weighted by atomic mass is 9.98. The molecule has 0 aliphatic carbocycles. The van der Waals surface area contributed by atoms with Crippen LogP contribution in [0.3, 0.4) is 0 Å².